The van der Waals surface area contributed by atoms with Crippen molar-refractivity contribution in [2.24, 2.45) is 5.10 Å². The van der Waals surface area contributed by atoms with Crippen LogP contribution in [0.5, 0.6) is 0 Å². The fraction of sp³-hybridized carbons (Fsp3) is 0.533. The number of nitrogens with zero attached hydrogens (tertiary/aromatic N) is 4. The molecule has 1 aromatic rings. The smallest absolute Gasteiger partial charge is 0.206 e. The van der Waals surface area contributed by atoms with E-state index in [0.29, 0.717) is 18.8 Å². The largest absolute Gasteiger partial charge is 0.394 e. The number of aliphatic hydroxyl groups is 1. The van der Waals surface area contributed by atoms with Crippen LogP contribution in [0, 0.1) is 5.82 Å². The molecule has 3 aliphatic rings. The average molecular weight is 322 g/mol. The minimum atomic E-state index is -0.326. The van der Waals surface area contributed by atoms with E-state index in [1.807, 2.05) is 23.0 Å². The van der Waals surface area contributed by atoms with Gasteiger partial charge in [-0.3, -0.25) is 5.01 Å². The quantitative estimate of drug-likeness (QED) is 0.813. The molecule has 7 nitrogen and oxygen atoms in total. The fourth-order valence-corrected chi connectivity index (χ4v) is 2.93. The molecule has 2 fully saturated rings. The van der Waals surface area contributed by atoms with Gasteiger partial charge in [-0.15, -0.1) is 0 Å². The second kappa shape index (κ2) is 5.63. The van der Waals surface area contributed by atoms with Crippen molar-refractivity contribution in [1.29, 1.82) is 0 Å². The Labute approximate surface area is 133 Å². The van der Waals surface area contributed by atoms with Gasteiger partial charge < -0.3 is 24.4 Å². The second-order valence-corrected chi connectivity index (χ2v) is 5.93. The summed E-state index contributed by atoms with van der Waals surface area (Å²) in [6.07, 6.45) is 0.811. The first-order valence-electron chi connectivity index (χ1n) is 7.65. The highest BCUT2D eigenvalue weighted by atomic mass is 19.1. The molecular formula is C15H19FN4O3. The summed E-state index contributed by atoms with van der Waals surface area (Å²) in [5.41, 5.74) is 1.23. The van der Waals surface area contributed by atoms with Crippen LogP contribution >= 0.6 is 0 Å². The number of benzene rings is 1. The number of halogens is 1. The number of hydrazone groups is 1. The lowest BCUT2D eigenvalue weighted by atomic mass is 10.2. The molecule has 0 bridgehead atoms. The Morgan fingerprint density at radius 2 is 2.22 bits per heavy atom. The van der Waals surface area contributed by atoms with Gasteiger partial charge in [0.2, 0.25) is 6.29 Å². The molecule has 8 heteroatoms. The van der Waals surface area contributed by atoms with Crippen LogP contribution in [-0.2, 0) is 9.47 Å². The number of epoxide rings is 1. The van der Waals surface area contributed by atoms with E-state index in [4.69, 9.17) is 9.47 Å². The van der Waals surface area contributed by atoms with Crippen LogP contribution < -0.4 is 9.80 Å². The van der Waals surface area contributed by atoms with Gasteiger partial charge in [-0.1, -0.05) is 0 Å². The van der Waals surface area contributed by atoms with E-state index >= 15 is 0 Å². The SMILES string of the molecule is CN1CCN(c2ccc(N3C[C@H](CO)OC4OC43)cc2F)C=N1. The Hall–Kier alpha value is -1.90. The van der Waals surface area contributed by atoms with E-state index in [0.717, 1.165) is 12.2 Å². The summed E-state index contributed by atoms with van der Waals surface area (Å²) in [6.45, 7) is 1.83. The van der Waals surface area contributed by atoms with Crippen LogP contribution in [0.15, 0.2) is 23.3 Å². The Morgan fingerprint density at radius 3 is 2.91 bits per heavy atom. The zero-order chi connectivity index (χ0) is 16.0. The van der Waals surface area contributed by atoms with E-state index in [1.165, 1.54) is 6.07 Å². The number of anilines is 2. The third-order valence-electron chi connectivity index (χ3n) is 4.29. The predicted octanol–water partition coefficient (Wildman–Crippen LogP) is 0.401. The van der Waals surface area contributed by atoms with Gasteiger partial charge in [0, 0.05) is 25.8 Å². The molecule has 0 aliphatic carbocycles. The number of fused-ring (bicyclic) bond motifs is 1. The topological polar surface area (TPSA) is 64.1 Å². The summed E-state index contributed by atoms with van der Waals surface area (Å²) >= 11 is 0. The Kier molecular flexibility index (Phi) is 3.59. The molecule has 0 aromatic heterocycles. The first-order valence-corrected chi connectivity index (χ1v) is 7.65. The maximum Gasteiger partial charge on any atom is 0.206 e. The van der Waals surface area contributed by atoms with E-state index in [2.05, 4.69) is 5.10 Å². The van der Waals surface area contributed by atoms with Crippen LogP contribution in [0.1, 0.15) is 0 Å². The molecule has 0 amide bonds. The van der Waals surface area contributed by atoms with Crippen molar-refractivity contribution in [2.75, 3.05) is 43.1 Å². The van der Waals surface area contributed by atoms with Gasteiger partial charge in [0.1, 0.15) is 18.3 Å². The van der Waals surface area contributed by atoms with Gasteiger partial charge in [-0.25, -0.2) is 4.39 Å². The molecule has 23 heavy (non-hydrogen) atoms. The van der Waals surface area contributed by atoms with Gasteiger partial charge >= 0.3 is 0 Å². The highest BCUT2D eigenvalue weighted by molar-refractivity contribution is 5.80. The molecule has 3 heterocycles. The van der Waals surface area contributed by atoms with E-state index in [-0.39, 0.29) is 31.0 Å². The molecule has 124 valence electrons. The molecule has 1 aromatic carbocycles. The number of ether oxygens (including phenoxy) is 2. The molecule has 2 unspecified atom stereocenters. The third kappa shape index (κ3) is 2.73. The van der Waals surface area contributed by atoms with Gasteiger partial charge in [0.25, 0.3) is 0 Å². The Morgan fingerprint density at radius 1 is 1.35 bits per heavy atom. The summed E-state index contributed by atoms with van der Waals surface area (Å²) in [4.78, 5) is 3.73. The van der Waals surface area contributed by atoms with Gasteiger partial charge in [0.05, 0.1) is 18.8 Å². The Bertz CT molecular complexity index is 629. The number of rotatable bonds is 3. The van der Waals surface area contributed by atoms with Crippen LogP contribution in [0.25, 0.3) is 0 Å². The summed E-state index contributed by atoms with van der Waals surface area (Å²) in [7, 11) is 1.88. The number of morpholine rings is 1. The molecule has 4 rings (SSSR count). The predicted molar refractivity (Wildman–Crippen MR) is 82.8 cm³/mol. The van der Waals surface area contributed by atoms with Crippen molar-refractivity contribution < 1.29 is 19.0 Å². The lowest BCUT2D eigenvalue weighted by molar-refractivity contribution is -0.0373. The van der Waals surface area contributed by atoms with Gasteiger partial charge in [0.15, 0.2) is 6.23 Å². The van der Waals surface area contributed by atoms with Crippen molar-refractivity contribution >= 4 is 17.7 Å². The normalized spacial score (nSPS) is 29.7. The molecule has 3 aliphatic heterocycles. The lowest BCUT2D eigenvalue weighted by Gasteiger charge is -2.31. The number of aliphatic hydroxyl groups excluding tert-OH is 1. The number of hydrogen-bond donors (Lipinski definition) is 1. The number of likely N-dealkylation sites (N-methyl/N-ethyl adjacent to an activating group) is 1. The molecule has 0 radical (unpaired) electrons. The standard InChI is InChI=1S/C15H19FN4O3/c1-18-4-5-19(9-17-18)13-3-2-10(6-12(13)16)20-7-11(8-21)22-15-14(20)23-15/h2-3,6,9,11,14-15,21H,4-5,7-8H2,1H3/t11-,14?,15?/m1/s1. The molecule has 2 saturated heterocycles. The highest BCUT2D eigenvalue weighted by Crippen LogP contribution is 2.37. The summed E-state index contributed by atoms with van der Waals surface area (Å²) in [5.74, 6) is -0.303. The zero-order valence-electron chi connectivity index (χ0n) is 12.8. The molecule has 3 atom stereocenters. The maximum absolute atomic E-state index is 14.5. The van der Waals surface area contributed by atoms with Crippen LogP contribution in [-0.4, -0.2) is 68.4 Å². The molecule has 0 spiro atoms. The fourth-order valence-electron chi connectivity index (χ4n) is 2.93. The van der Waals surface area contributed by atoms with Crippen LogP contribution in [0.3, 0.4) is 0 Å². The van der Waals surface area contributed by atoms with Crippen molar-refractivity contribution in [2.45, 2.75) is 18.6 Å². The van der Waals surface area contributed by atoms with Crippen molar-refractivity contribution in [1.82, 2.24) is 5.01 Å². The first kappa shape index (κ1) is 14.7. The van der Waals surface area contributed by atoms with Crippen molar-refractivity contribution in [3.05, 3.63) is 24.0 Å². The van der Waals surface area contributed by atoms with E-state index in [9.17, 15) is 9.50 Å². The second-order valence-electron chi connectivity index (χ2n) is 5.93. The van der Waals surface area contributed by atoms with Gasteiger partial charge in [-0.05, 0) is 18.2 Å². The molecule has 0 saturated carbocycles. The monoisotopic (exact) mass is 322 g/mol. The lowest BCUT2D eigenvalue weighted by Crippen LogP contribution is -2.44. The minimum absolute atomic E-state index is 0.0819. The van der Waals surface area contributed by atoms with Gasteiger partial charge in [-0.2, -0.15) is 5.10 Å². The van der Waals surface area contributed by atoms with Crippen LogP contribution in [0.4, 0.5) is 15.8 Å². The van der Waals surface area contributed by atoms with Crippen LogP contribution in [0.2, 0.25) is 0 Å². The summed E-state index contributed by atoms with van der Waals surface area (Å²) in [5, 5.41) is 15.3. The summed E-state index contributed by atoms with van der Waals surface area (Å²) < 4.78 is 25.4. The zero-order valence-corrected chi connectivity index (χ0v) is 12.8. The first-order chi connectivity index (χ1) is 11.2. The van der Waals surface area contributed by atoms with Crippen molar-refractivity contribution in [3.63, 3.8) is 0 Å². The average Bonchev–Trinajstić information content (AvgIpc) is 3.34. The maximum atomic E-state index is 14.5. The molecular weight excluding hydrogens is 303 g/mol. The van der Waals surface area contributed by atoms with Crippen molar-refractivity contribution in [3.8, 4) is 0 Å². The number of hydrogen-bond acceptors (Lipinski definition) is 7. The summed E-state index contributed by atoms with van der Waals surface area (Å²) in [6, 6.07) is 5.12. The third-order valence-corrected chi connectivity index (χ3v) is 4.29. The molecule has 1 N–H and O–H groups in total. The highest BCUT2D eigenvalue weighted by Gasteiger charge is 2.51. The minimum Gasteiger partial charge on any atom is -0.394 e. The van der Waals surface area contributed by atoms with E-state index in [1.54, 1.807) is 17.3 Å². The van der Waals surface area contributed by atoms with E-state index < -0.39 is 0 Å². The Balaban J connectivity index is 1.55.